The maximum atomic E-state index is 13.5. The van der Waals surface area contributed by atoms with Gasteiger partial charge >= 0.3 is 0 Å². The number of methoxy groups -OCH3 is 2. The molecule has 3 heterocycles. The monoisotopic (exact) mass is 436 g/mol. The molecule has 0 N–H and O–H groups in total. The third-order valence-corrected chi connectivity index (χ3v) is 7.11. The van der Waals surface area contributed by atoms with Gasteiger partial charge in [-0.2, -0.15) is 0 Å². The van der Waals surface area contributed by atoms with Gasteiger partial charge in [0.15, 0.2) is 11.5 Å². The van der Waals surface area contributed by atoms with Crippen molar-refractivity contribution in [2.24, 2.45) is 0 Å². The predicted octanol–water partition coefficient (Wildman–Crippen LogP) is 3.59. The second-order valence-electron chi connectivity index (χ2n) is 8.12. The second kappa shape index (κ2) is 8.46. The summed E-state index contributed by atoms with van der Waals surface area (Å²) in [4.78, 5) is 16.6. The van der Waals surface area contributed by atoms with E-state index < -0.39 is 0 Å². The lowest BCUT2D eigenvalue weighted by Gasteiger charge is -2.28. The SMILES string of the molecule is Bc1c2c(cc(OC)c1OC)-c1c(-c3cccs3)cc(C(=O)N(CC)C(C)C)n1CC2. The number of nitrogens with zero attached hydrogens (tertiary/aromatic N) is 2. The minimum absolute atomic E-state index is 0.0854. The number of hydrogen-bond acceptors (Lipinski definition) is 4. The standard InChI is InChI=1S/C24H29BN2O3S/c1-6-26(14(2)3)24(28)18-12-17(20-8-7-11-31-20)22-16-13-19(29-4)23(30-5)21(25)15(16)9-10-27(18)22/h7-8,11-14H,6,9-10,25H2,1-5H3. The molecule has 0 aliphatic carbocycles. The van der Waals surface area contributed by atoms with E-state index in [0.29, 0.717) is 6.54 Å². The zero-order valence-corrected chi connectivity index (χ0v) is 19.9. The Labute approximate surface area is 189 Å². The normalized spacial score (nSPS) is 12.5. The highest BCUT2D eigenvalue weighted by atomic mass is 32.1. The van der Waals surface area contributed by atoms with Gasteiger partial charge in [-0.15, -0.1) is 11.3 Å². The van der Waals surface area contributed by atoms with Gasteiger partial charge in [0.1, 0.15) is 13.5 Å². The van der Waals surface area contributed by atoms with Gasteiger partial charge in [-0.1, -0.05) is 6.07 Å². The maximum Gasteiger partial charge on any atom is 0.270 e. The number of rotatable bonds is 6. The van der Waals surface area contributed by atoms with Crippen LogP contribution >= 0.6 is 11.3 Å². The highest BCUT2D eigenvalue weighted by Crippen LogP contribution is 2.44. The molecule has 1 aliphatic rings. The van der Waals surface area contributed by atoms with E-state index >= 15 is 0 Å². The number of carbonyl (C=O) groups is 1. The van der Waals surface area contributed by atoms with Crippen LogP contribution in [-0.2, 0) is 13.0 Å². The first-order valence-corrected chi connectivity index (χ1v) is 11.6. The summed E-state index contributed by atoms with van der Waals surface area (Å²) in [5.41, 5.74) is 6.44. The largest absolute Gasteiger partial charge is 0.493 e. The minimum Gasteiger partial charge on any atom is -0.493 e. The molecule has 31 heavy (non-hydrogen) atoms. The quantitative estimate of drug-likeness (QED) is 0.555. The molecule has 7 heteroatoms. The Morgan fingerprint density at radius 1 is 1.26 bits per heavy atom. The van der Waals surface area contributed by atoms with Crippen LogP contribution in [0.25, 0.3) is 21.7 Å². The summed E-state index contributed by atoms with van der Waals surface area (Å²) in [5, 5.41) is 2.08. The molecule has 1 aromatic carbocycles. The van der Waals surface area contributed by atoms with Crippen molar-refractivity contribution in [2.45, 2.75) is 39.8 Å². The Morgan fingerprint density at radius 2 is 2.03 bits per heavy atom. The van der Waals surface area contributed by atoms with Gasteiger partial charge in [-0.05, 0) is 61.8 Å². The molecule has 0 saturated heterocycles. The van der Waals surface area contributed by atoms with E-state index in [-0.39, 0.29) is 11.9 Å². The summed E-state index contributed by atoms with van der Waals surface area (Å²) in [6.45, 7) is 7.62. The molecule has 1 amide bonds. The highest BCUT2D eigenvalue weighted by molar-refractivity contribution is 7.13. The number of aromatic nitrogens is 1. The summed E-state index contributed by atoms with van der Waals surface area (Å²) in [6.07, 6.45) is 0.848. The summed E-state index contributed by atoms with van der Waals surface area (Å²) in [6, 6.07) is 8.47. The molecule has 162 valence electrons. The van der Waals surface area contributed by atoms with Crippen molar-refractivity contribution >= 4 is 30.6 Å². The number of hydrogen-bond donors (Lipinski definition) is 0. The van der Waals surface area contributed by atoms with E-state index in [2.05, 4.69) is 55.9 Å². The van der Waals surface area contributed by atoms with Gasteiger partial charge < -0.3 is 18.9 Å². The zero-order valence-electron chi connectivity index (χ0n) is 19.1. The van der Waals surface area contributed by atoms with Crippen LogP contribution < -0.4 is 14.9 Å². The average Bonchev–Trinajstić information content (AvgIpc) is 3.41. The molecule has 5 nitrogen and oxygen atoms in total. The first-order valence-electron chi connectivity index (χ1n) is 10.8. The van der Waals surface area contributed by atoms with E-state index in [0.717, 1.165) is 57.3 Å². The number of thiophene rings is 1. The third kappa shape index (κ3) is 3.45. The minimum atomic E-state index is 0.0854. The third-order valence-electron chi connectivity index (χ3n) is 6.21. The van der Waals surface area contributed by atoms with E-state index in [9.17, 15) is 4.79 Å². The smallest absolute Gasteiger partial charge is 0.270 e. The van der Waals surface area contributed by atoms with Crippen LogP contribution in [0.3, 0.4) is 0 Å². The van der Waals surface area contributed by atoms with Crippen molar-refractivity contribution in [1.82, 2.24) is 9.47 Å². The number of fused-ring (bicyclic) bond motifs is 3. The van der Waals surface area contributed by atoms with Gasteiger partial charge in [0.2, 0.25) is 0 Å². The molecule has 0 spiro atoms. The lowest BCUT2D eigenvalue weighted by molar-refractivity contribution is 0.0706. The fraction of sp³-hybridized carbons (Fsp3) is 0.375. The van der Waals surface area contributed by atoms with Crippen LogP contribution in [0.1, 0.15) is 36.8 Å². The van der Waals surface area contributed by atoms with Gasteiger partial charge in [0.25, 0.3) is 5.91 Å². The molecule has 0 radical (unpaired) electrons. The van der Waals surface area contributed by atoms with Gasteiger partial charge in [-0.25, -0.2) is 0 Å². The molecule has 2 aromatic heterocycles. The van der Waals surface area contributed by atoms with Gasteiger partial charge in [-0.3, -0.25) is 4.79 Å². The number of ether oxygens (including phenoxy) is 2. The highest BCUT2D eigenvalue weighted by Gasteiger charge is 2.31. The van der Waals surface area contributed by atoms with Crippen LogP contribution in [0.2, 0.25) is 0 Å². The molecule has 1 aliphatic heterocycles. The van der Waals surface area contributed by atoms with Crippen molar-refractivity contribution in [3.63, 3.8) is 0 Å². The Kier molecular flexibility index (Phi) is 5.89. The van der Waals surface area contributed by atoms with Crippen LogP contribution in [0.5, 0.6) is 11.5 Å². The molecule has 0 fully saturated rings. The fourth-order valence-corrected chi connectivity index (χ4v) is 5.47. The predicted molar refractivity (Wildman–Crippen MR) is 130 cm³/mol. The summed E-state index contributed by atoms with van der Waals surface area (Å²) in [7, 11) is 5.44. The summed E-state index contributed by atoms with van der Waals surface area (Å²) >= 11 is 1.70. The van der Waals surface area contributed by atoms with Crippen LogP contribution in [0, 0.1) is 0 Å². The molecule has 0 unspecified atom stereocenters. The summed E-state index contributed by atoms with van der Waals surface area (Å²) < 4.78 is 13.5. The number of benzene rings is 1. The van der Waals surface area contributed by atoms with Crippen molar-refractivity contribution in [2.75, 3.05) is 20.8 Å². The fourth-order valence-electron chi connectivity index (χ4n) is 4.73. The van der Waals surface area contributed by atoms with E-state index in [1.54, 1.807) is 25.6 Å². The molecular weight excluding hydrogens is 407 g/mol. The van der Waals surface area contributed by atoms with Crippen molar-refractivity contribution in [3.05, 3.63) is 40.9 Å². The first kappa shape index (κ1) is 21.6. The van der Waals surface area contributed by atoms with Crippen LogP contribution in [0.15, 0.2) is 29.6 Å². The Hall–Kier alpha value is -2.67. The molecule has 3 aromatic rings. The van der Waals surface area contributed by atoms with Gasteiger partial charge in [0.05, 0.1) is 19.9 Å². The van der Waals surface area contributed by atoms with Crippen molar-refractivity contribution < 1.29 is 14.3 Å². The molecule has 0 atom stereocenters. The van der Waals surface area contributed by atoms with E-state index in [1.807, 2.05) is 11.8 Å². The molecule has 0 bridgehead atoms. The van der Waals surface area contributed by atoms with Crippen LogP contribution in [0.4, 0.5) is 0 Å². The van der Waals surface area contributed by atoms with Crippen LogP contribution in [-0.4, -0.2) is 50.0 Å². The topological polar surface area (TPSA) is 43.7 Å². The second-order valence-corrected chi connectivity index (χ2v) is 9.07. The molecule has 4 rings (SSSR count). The van der Waals surface area contributed by atoms with E-state index in [1.165, 1.54) is 5.56 Å². The van der Waals surface area contributed by atoms with Crippen molar-refractivity contribution in [3.8, 4) is 33.2 Å². The Morgan fingerprint density at radius 3 is 2.61 bits per heavy atom. The molecule has 0 saturated carbocycles. The van der Waals surface area contributed by atoms with Gasteiger partial charge in [0, 0.05) is 35.1 Å². The lowest BCUT2D eigenvalue weighted by Crippen LogP contribution is -2.38. The van der Waals surface area contributed by atoms with Crippen molar-refractivity contribution in [1.29, 1.82) is 0 Å². The van der Waals surface area contributed by atoms with E-state index in [4.69, 9.17) is 9.47 Å². The summed E-state index contributed by atoms with van der Waals surface area (Å²) in [5.74, 6) is 1.59. The zero-order chi connectivity index (χ0) is 22.3. The number of amides is 1. The number of carbonyl (C=O) groups excluding carboxylic acids is 1. The Bertz CT molecular complexity index is 1120. The molecular formula is C24H29BN2O3S. The first-order chi connectivity index (χ1) is 14.9. The average molecular weight is 436 g/mol. The maximum absolute atomic E-state index is 13.5. The Balaban J connectivity index is 1.99. The lowest BCUT2D eigenvalue weighted by atomic mass is 9.82.